The van der Waals surface area contributed by atoms with Crippen molar-refractivity contribution >= 4 is 17.4 Å². The number of hydrogen-bond donors (Lipinski definition) is 1. The molecule has 0 aliphatic rings. The predicted molar refractivity (Wildman–Crippen MR) is 118 cm³/mol. The maximum absolute atomic E-state index is 13.0. The van der Waals surface area contributed by atoms with Crippen LogP contribution in [-0.2, 0) is 24.2 Å². The Labute approximate surface area is 183 Å². The second-order valence-electron chi connectivity index (χ2n) is 6.96. The van der Waals surface area contributed by atoms with Crippen LogP contribution in [0, 0.1) is 5.82 Å². The molecule has 0 saturated carbocycles. The summed E-state index contributed by atoms with van der Waals surface area (Å²) in [5.74, 6) is 0.944. The summed E-state index contributed by atoms with van der Waals surface area (Å²) in [6.45, 7) is 0.512. The van der Waals surface area contributed by atoms with E-state index in [2.05, 4.69) is 14.7 Å². The lowest BCUT2D eigenvalue weighted by Crippen LogP contribution is -2.24. The first-order chi connectivity index (χ1) is 15.1. The predicted octanol–water partition coefficient (Wildman–Crippen LogP) is 4.92. The molecule has 0 fully saturated rings. The van der Waals surface area contributed by atoms with Crippen LogP contribution in [0.5, 0.6) is 10.9 Å². The zero-order valence-electron chi connectivity index (χ0n) is 16.6. The van der Waals surface area contributed by atoms with Gasteiger partial charge in [0, 0.05) is 24.5 Å². The van der Waals surface area contributed by atoms with Gasteiger partial charge >= 0.3 is 0 Å². The van der Waals surface area contributed by atoms with Gasteiger partial charge in [-0.05, 0) is 41.0 Å². The summed E-state index contributed by atoms with van der Waals surface area (Å²) in [7, 11) is 0. The van der Waals surface area contributed by atoms with Gasteiger partial charge in [0.25, 0.3) is 5.19 Å². The standard InChI is InChI=1S/C24H20FN3O2S/c25-20-10-6-17(7-11-20)14-22-27-24(31-28-22)30-21-12-8-18(9-13-21)15-23(29)26-16-19-4-2-1-3-5-19/h1-13H,14-16H2,(H,26,29). The van der Waals surface area contributed by atoms with Gasteiger partial charge in [0.05, 0.1) is 6.42 Å². The molecular weight excluding hydrogens is 413 g/mol. The summed E-state index contributed by atoms with van der Waals surface area (Å²) in [6, 6.07) is 23.4. The van der Waals surface area contributed by atoms with E-state index >= 15 is 0 Å². The van der Waals surface area contributed by atoms with Gasteiger partial charge in [0.2, 0.25) is 5.91 Å². The Bertz CT molecular complexity index is 1130. The second-order valence-corrected chi connectivity index (χ2v) is 7.68. The lowest BCUT2D eigenvalue weighted by molar-refractivity contribution is -0.120. The molecule has 0 bridgehead atoms. The van der Waals surface area contributed by atoms with E-state index in [1.807, 2.05) is 42.5 Å². The molecule has 1 amide bonds. The normalized spacial score (nSPS) is 10.6. The third-order valence-corrected chi connectivity index (χ3v) is 5.18. The second kappa shape index (κ2) is 9.95. The van der Waals surface area contributed by atoms with E-state index < -0.39 is 0 Å². The lowest BCUT2D eigenvalue weighted by atomic mass is 10.1. The van der Waals surface area contributed by atoms with Crippen molar-refractivity contribution in [1.29, 1.82) is 0 Å². The van der Waals surface area contributed by atoms with Crippen LogP contribution < -0.4 is 10.1 Å². The highest BCUT2D eigenvalue weighted by molar-refractivity contribution is 7.07. The van der Waals surface area contributed by atoms with E-state index in [1.54, 1.807) is 24.3 Å². The van der Waals surface area contributed by atoms with Crippen molar-refractivity contribution in [3.8, 4) is 10.9 Å². The van der Waals surface area contributed by atoms with Crippen LogP contribution in [0.3, 0.4) is 0 Å². The summed E-state index contributed by atoms with van der Waals surface area (Å²) in [6.07, 6.45) is 0.810. The minimum atomic E-state index is -0.267. The molecule has 4 rings (SSSR count). The molecule has 0 aliphatic carbocycles. The third-order valence-electron chi connectivity index (χ3n) is 4.55. The van der Waals surface area contributed by atoms with Gasteiger partial charge in [-0.25, -0.2) is 4.39 Å². The summed E-state index contributed by atoms with van der Waals surface area (Å²) in [4.78, 5) is 16.5. The van der Waals surface area contributed by atoms with E-state index in [4.69, 9.17) is 4.74 Å². The maximum atomic E-state index is 13.0. The van der Waals surface area contributed by atoms with Gasteiger partial charge in [-0.3, -0.25) is 4.79 Å². The number of nitrogens with one attached hydrogen (secondary N) is 1. The van der Waals surface area contributed by atoms with Crippen LogP contribution in [0.15, 0.2) is 78.9 Å². The minimum Gasteiger partial charge on any atom is -0.430 e. The summed E-state index contributed by atoms with van der Waals surface area (Å²) < 4.78 is 23.1. The molecular formula is C24H20FN3O2S. The molecule has 3 aromatic carbocycles. The van der Waals surface area contributed by atoms with Gasteiger partial charge in [-0.2, -0.15) is 9.36 Å². The molecule has 0 atom stereocenters. The summed E-state index contributed by atoms with van der Waals surface area (Å²) in [5, 5.41) is 3.36. The monoisotopic (exact) mass is 433 g/mol. The smallest absolute Gasteiger partial charge is 0.298 e. The Balaban J connectivity index is 1.28. The van der Waals surface area contributed by atoms with Crippen LogP contribution in [0.25, 0.3) is 0 Å². The first-order valence-electron chi connectivity index (χ1n) is 9.78. The highest BCUT2D eigenvalue weighted by atomic mass is 32.1. The number of hydrogen-bond acceptors (Lipinski definition) is 5. The first kappa shape index (κ1) is 20.7. The molecule has 4 aromatic rings. The fourth-order valence-electron chi connectivity index (χ4n) is 2.96. The van der Waals surface area contributed by atoms with Crippen molar-refractivity contribution in [3.63, 3.8) is 0 Å². The molecule has 0 aliphatic heterocycles. The van der Waals surface area contributed by atoms with E-state index in [9.17, 15) is 9.18 Å². The highest BCUT2D eigenvalue weighted by Gasteiger charge is 2.09. The molecule has 1 N–H and O–H groups in total. The minimum absolute atomic E-state index is 0.0351. The zero-order chi connectivity index (χ0) is 21.5. The van der Waals surface area contributed by atoms with Crippen LogP contribution >= 0.6 is 11.5 Å². The number of halogens is 1. The van der Waals surface area contributed by atoms with Crippen LogP contribution in [0.1, 0.15) is 22.5 Å². The highest BCUT2D eigenvalue weighted by Crippen LogP contribution is 2.24. The van der Waals surface area contributed by atoms with Crippen LogP contribution in [-0.4, -0.2) is 15.3 Å². The van der Waals surface area contributed by atoms with E-state index in [1.165, 1.54) is 12.1 Å². The SMILES string of the molecule is O=C(Cc1ccc(Oc2nc(Cc3ccc(F)cc3)ns2)cc1)NCc1ccccc1. The molecule has 0 unspecified atom stereocenters. The Morgan fingerprint density at radius 3 is 2.35 bits per heavy atom. The first-order valence-corrected chi connectivity index (χ1v) is 10.6. The Morgan fingerprint density at radius 1 is 0.903 bits per heavy atom. The Hall–Kier alpha value is -3.58. The molecule has 156 valence electrons. The number of carbonyl (C=O) groups is 1. The van der Waals surface area contributed by atoms with Gasteiger partial charge in [0.1, 0.15) is 11.6 Å². The average molecular weight is 434 g/mol. The number of amides is 1. The van der Waals surface area contributed by atoms with Crippen molar-refractivity contribution in [2.45, 2.75) is 19.4 Å². The number of benzene rings is 3. The van der Waals surface area contributed by atoms with Crippen molar-refractivity contribution in [3.05, 3.63) is 107 Å². The number of nitrogens with zero attached hydrogens (tertiary/aromatic N) is 2. The molecule has 1 heterocycles. The van der Waals surface area contributed by atoms with Crippen molar-refractivity contribution in [2.24, 2.45) is 0 Å². The molecule has 31 heavy (non-hydrogen) atoms. The largest absolute Gasteiger partial charge is 0.430 e. The van der Waals surface area contributed by atoms with Gasteiger partial charge in [-0.1, -0.05) is 54.6 Å². The van der Waals surface area contributed by atoms with Crippen molar-refractivity contribution < 1.29 is 13.9 Å². The fraction of sp³-hybridized carbons (Fsp3) is 0.125. The van der Waals surface area contributed by atoms with Crippen LogP contribution in [0.2, 0.25) is 0 Å². The molecule has 0 saturated heterocycles. The quantitative estimate of drug-likeness (QED) is 0.428. The van der Waals surface area contributed by atoms with Gasteiger partial charge in [0.15, 0.2) is 5.82 Å². The maximum Gasteiger partial charge on any atom is 0.298 e. The number of aromatic nitrogens is 2. The van der Waals surface area contributed by atoms with Crippen molar-refractivity contribution in [2.75, 3.05) is 0 Å². The molecule has 5 nitrogen and oxygen atoms in total. The van der Waals surface area contributed by atoms with E-state index in [-0.39, 0.29) is 11.7 Å². The Morgan fingerprint density at radius 2 is 1.61 bits per heavy atom. The molecule has 7 heteroatoms. The average Bonchev–Trinajstić information content (AvgIpc) is 3.23. The lowest BCUT2D eigenvalue weighted by Gasteiger charge is -2.06. The van der Waals surface area contributed by atoms with Crippen molar-refractivity contribution in [1.82, 2.24) is 14.7 Å². The van der Waals surface area contributed by atoms with Gasteiger partial charge in [-0.15, -0.1) is 0 Å². The number of ether oxygens (including phenoxy) is 1. The topological polar surface area (TPSA) is 64.1 Å². The van der Waals surface area contributed by atoms with E-state index in [0.717, 1.165) is 28.2 Å². The van der Waals surface area contributed by atoms with Gasteiger partial charge < -0.3 is 10.1 Å². The molecule has 1 aromatic heterocycles. The zero-order valence-corrected chi connectivity index (χ0v) is 17.4. The summed E-state index contributed by atoms with van der Waals surface area (Å²) >= 11 is 1.16. The number of carbonyl (C=O) groups excluding carboxylic acids is 1. The van der Waals surface area contributed by atoms with Crippen LogP contribution in [0.4, 0.5) is 4.39 Å². The fourth-order valence-corrected chi connectivity index (χ4v) is 3.53. The molecule has 0 spiro atoms. The summed E-state index contributed by atoms with van der Waals surface area (Å²) in [5.41, 5.74) is 2.89. The Kier molecular flexibility index (Phi) is 6.64. The third kappa shape index (κ3) is 6.20. The van der Waals surface area contributed by atoms with E-state index in [0.29, 0.717) is 36.2 Å². The molecule has 0 radical (unpaired) electrons. The number of rotatable bonds is 8.